The number of amides is 1. The summed E-state index contributed by atoms with van der Waals surface area (Å²) in [5.74, 6) is -1.02. The topological polar surface area (TPSA) is 66.4 Å². The molecule has 2 rings (SSSR count). The van der Waals surface area contributed by atoms with Crippen LogP contribution in [0.5, 0.6) is 0 Å². The Morgan fingerprint density at radius 1 is 1.56 bits per heavy atom. The molecule has 16 heavy (non-hydrogen) atoms. The summed E-state index contributed by atoms with van der Waals surface area (Å²) in [6.07, 6.45) is 1.30. The van der Waals surface area contributed by atoms with Crippen molar-refractivity contribution in [1.29, 1.82) is 0 Å². The minimum atomic E-state index is -0.819. The van der Waals surface area contributed by atoms with E-state index in [4.69, 9.17) is 5.11 Å². The third-order valence-corrected chi connectivity index (χ3v) is 4.38. The van der Waals surface area contributed by atoms with E-state index in [-0.39, 0.29) is 12.5 Å². The van der Waals surface area contributed by atoms with Gasteiger partial charge < -0.3 is 10.4 Å². The first-order valence-corrected chi connectivity index (χ1v) is 6.46. The molecule has 1 aliphatic carbocycles. The molecule has 1 amide bonds. The number of carboxylic acids is 1. The van der Waals surface area contributed by atoms with Crippen molar-refractivity contribution in [2.24, 2.45) is 5.41 Å². The van der Waals surface area contributed by atoms with E-state index in [2.05, 4.69) is 21.2 Å². The molecule has 1 saturated carbocycles. The van der Waals surface area contributed by atoms with Gasteiger partial charge in [0.05, 0.1) is 10.3 Å². The number of hydrogen-bond donors (Lipinski definition) is 2. The van der Waals surface area contributed by atoms with E-state index in [1.807, 2.05) is 5.38 Å². The fourth-order valence-electron chi connectivity index (χ4n) is 1.39. The Morgan fingerprint density at radius 2 is 2.25 bits per heavy atom. The van der Waals surface area contributed by atoms with Gasteiger partial charge in [-0.15, -0.1) is 11.3 Å². The molecule has 2 N–H and O–H groups in total. The van der Waals surface area contributed by atoms with Crippen molar-refractivity contribution < 1.29 is 14.7 Å². The van der Waals surface area contributed by atoms with Crippen LogP contribution in [-0.2, 0) is 4.79 Å². The lowest BCUT2D eigenvalue weighted by molar-refractivity contribution is -0.143. The number of carbonyl (C=O) groups is 2. The van der Waals surface area contributed by atoms with Crippen molar-refractivity contribution in [3.05, 3.63) is 20.8 Å². The Balaban J connectivity index is 1.92. The van der Waals surface area contributed by atoms with Crippen molar-refractivity contribution in [2.45, 2.75) is 12.8 Å². The molecule has 1 aromatic heterocycles. The summed E-state index contributed by atoms with van der Waals surface area (Å²) in [5.41, 5.74) is -0.704. The predicted molar refractivity (Wildman–Crippen MR) is 63.7 cm³/mol. The van der Waals surface area contributed by atoms with Crippen molar-refractivity contribution in [1.82, 2.24) is 5.32 Å². The molecule has 4 nitrogen and oxygen atoms in total. The van der Waals surface area contributed by atoms with Crippen LogP contribution in [0, 0.1) is 5.41 Å². The molecule has 1 heterocycles. The van der Waals surface area contributed by atoms with E-state index in [1.165, 1.54) is 11.3 Å². The highest BCUT2D eigenvalue weighted by Gasteiger charge is 2.50. The highest BCUT2D eigenvalue weighted by molar-refractivity contribution is 9.10. The lowest BCUT2D eigenvalue weighted by Crippen LogP contribution is -2.33. The summed E-state index contributed by atoms with van der Waals surface area (Å²) >= 11 is 4.59. The molecule has 0 aromatic carbocycles. The van der Waals surface area contributed by atoms with E-state index < -0.39 is 11.4 Å². The number of carbonyl (C=O) groups excluding carboxylic acids is 1. The van der Waals surface area contributed by atoms with Crippen LogP contribution in [0.2, 0.25) is 0 Å². The van der Waals surface area contributed by atoms with E-state index in [9.17, 15) is 9.59 Å². The van der Waals surface area contributed by atoms with E-state index >= 15 is 0 Å². The maximum Gasteiger partial charge on any atom is 0.311 e. The highest BCUT2D eigenvalue weighted by Crippen LogP contribution is 2.45. The van der Waals surface area contributed by atoms with Crippen LogP contribution in [-0.4, -0.2) is 23.5 Å². The van der Waals surface area contributed by atoms with Gasteiger partial charge in [0.15, 0.2) is 0 Å². The van der Waals surface area contributed by atoms with E-state index in [0.717, 1.165) is 4.47 Å². The number of aliphatic carboxylic acids is 1. The van der Waals surface area contributed by atoms with Gasteiger partial charge in [0.25, 0.3) is 5.91 Å². The normalized spacial score (nSPS) is 16.8. The highest BCUT2D eigenvalue weighted by atomic mass is 79.9. The monoisotopic (exact) mass is 303 g/mol. The predicted octanol–water partition coefficient (Wildman–Crippen LogP) is 2.11. The lowest BCUT2D eigenvalue weighted by atomic mass is 10.1. The number of nitrogens with one attached hydrogen (secondary N) is 1. The first-order valence-electron chi connectivity index (χ1n) is 4.79. The summed E-state index contributed by atoms with van der Waals surface area (Å²) in [6, 6.07) is 1.72. The van der Waals surface area contributed by atoms with Crippen molar-refractivity contribution >= 4 is 39.1 Å². The number of hydrogen-bond acceptors (Lipinski definition) is 3. The number of halogens is 1. The molecule has 1 fully saturated rings. The van der Waals surface area contributed by atoms with Gasteiger partial charge in [-0.2, -0.15) is 0 Å². The summed E-state index contributed by atoms with van der Waals surface area (Å²) in [6.45, 7) is 0.219. The molecule has 0 radical (unpaired) electrons. The van der Waals surface area contributed by atoms with E-state index in [1.54, 1.807) is 6.07 Å². The van der Waals surface area contributed by atoms with Crippen molar-refractivity contribution in [2.75, 3.05) is 6.54 Å². The van der Waals surface area contributed by atoms with Gasteiger partial charge in [0.2, 0.25) is 0 Å². The van der Waals surface area contributed by atoms with Crippen molar-refractivity contribution in [3.8, 4) is 0 Å². The van der Waals surface area contributed by atoms with Gasteiger partial charge in [0.1, 0.15) is 0 Å². The standard InChI is InChI=1S/C10H10BrNO3S/c11-6-3-7(16-4-6)8(13)12-5-10(1-2-10)9(14)15/h3-4H,1-2,5H2,(H,12,13)(H,14,15). The first-order chi connectivity index (χ1) is 7.53. The quantitative estimate of drug-likeness (QED) is 0.895. The molecular weight excluding hydrogens is 294 g/mol. The van der Waals surface area contributed by atoms with Gasteiger partial charge >= 0.3 is 5.97 Å². The maximum absolute atomic E-state index is 11.6. The fraction of sp³-hybridized carbons (Fsp3) is 0.400. The number of rotatable bonds is 4. The number of carboxylic acid groups (broad SMARTS) is 1. The molecule has 0 bridgehead atoms. The molecule has 0 unspecified atom stereocenters. The zero-order valence-corrected chi connectivity index (χ0v) is 10.7. The zero-order valence-electron chi connectivity index (χ0n) is 8.33. The minimum Gasteiger partial charge on any atom is -0.481 e. The smallest absolute Gasteiger partial charge is 0.311 e. The second-order valence-electron chi connectivity index (χ2n) is 3.90. The molecule has 1 aromatic rings. The molecule has 6 heteroatoms. The average molecular weight is 304 g/mol. The van der Waals surface area contributed by atoms with Crippen molar-refractivity contribution in [3.63, 3.8) is 0 Å². The largest absolute Gasteiger partial charge is 0.481 e. The molecular formula is C10H10BrNO3S. The van der Waals surface area contributed by atoms with Crippen LogP contribution < -0.4 is 5.32 Å². The SMILES string of the molecule is O=C(NCC1(C(=O)O)CC1)c1cc(Br)cs1. The van der Waals surface area contributed by atoms with E-state index in [0.29, 0.717) is 17.7 Å². The molecule has 0 spiro atoms. The molecule has 0 atom stereocenters. The van der Waals surface area contributed by atoms with Gasteiger partial charge in [-0.3, -0.25) is 9.59 Å². The average Bonchev–Trinajstić information content (AvgIpc) is 2.92. The molecule has 0 aliphatic heterocycles. The Kier molecular flexibility index (Phi) is 3.03. The Bertz CT molecular complexity index is 439. The second kappa shape index (κ2) is 4.18. The second-order valence-corrected chi connectivity index (χ2v) is 5.72. The van der Waals surface area contributed by atoms with Crippen LogP contribution >= 0.6 is 27.3 Å². The third-order valence-electron chi connectivity index (χ3n) is 2.69. The van der Waals surface area contributed by atoms with Gasteiger partial charge in [-0.1, -0.05) is 0 Å². The summed E-state index contributed by atoms with van der Waals surface area (Å²) in [5, 5.41) is 13.4. The van der Waals surface area contributed by atoms with Crippen LogP contribution in [0.4, 0.5) is 0 Å². The third kappa shape index (κ3) is 2.27. The lowest BCUT2D eigenvalue weighted by Gasteiger charge is -2.09. The fourth-order valence-corrected chi connectivity index (χ4v) is 2.73. The van der Waals surface area contributed by atoms with Crippen LogP contribution in [0.15, 0.2) is 15.9 Å². The summed E-state index contributed by atoms with van der Waals surface area (Å²) in [4.78, 5) is 23.1. The van der Waals surface area contributed by atoms with Gasteiger partial charge in [0, 0.05) is 16.4 Å². The molecule has 0 saturated heterocycles. The van der Waals surface area contributed by atoms with Gasteiger partial charge in [-0.05, 0) is 34.8 Å². The Labute approximate surface area is 105 Å². The Morgan fingerprint density at radius 3 is 2.69 bits per heavy atom. The summed E-state index contributed by atoms with van der Waals surface area (Å²) in [7, 11) is 0. The molecule has 1 aliphatic rings. The van der Waals surface area contributed by atoms with Crippen LogP contribution in [0.25, 0.3) is 0 Å². The zero-order chi connectivity index (χ0) is 11.8. The Hall–Kier alpha value is -0.880. The molecule has 86 valence electrons. The minimum absolute atomic E-state index is 0.205. The number of thiophene rings is 1. The summed E-state index contributed by atoms with van der Waals surface area (Å²) < 4.78 is 0.863. The van der Waals surface area contributed by atoms with Gasteiger partial charge in [-0.25, -0.2) is 0 Å². The maximum atomic E-state index is 11.6. The van der Waals surface area contributed by atoms with Crippen LogP contribution in [0.3, 0.4) is 0 Å². The van der Waals surface area contributed by atoms with Crippen LogP contribution in [0.1, 0.15) is 22.5 Å². The first kappa shape index (κ1) is 11.6.